The summed E-state index contributed by atoms with van der Waals surface area (Å²) in [7, 11) is 0. The van der Waals surface area contributed by atoms with Gasteiger partial charge in [-0.15, -0.1) is 0 Å². The van der Waals surface area contributed by atoms with Crippen LogP contribution in [0.15, 0.2) is 24.3 Å². The number of hydrogen-bond acceptors (Lipinski definition) is 1. The first-order valence-electron chi connectivity index (χ1n) is 6.77. The number of carbonyl (C=O) groups excluding carboxylic acids is 1. The van der Waals surface area contributed by atoms with Gasteiger partial charge in [0.05, 0.1) is 0 Å². The van der Waals surface area contributed by atoms with Gasteiger partial charge in [0.15, 0.2) is 0 Å². The lowest BCUT2D eigenvalue weighted by Gasteiger charge is -2.45. The van der Waals surface area contributed by atoms with E-state index in [1.165, 1.54) is 24.8 Å². The smallest absolute Gasteiger partial charge is 0.223 e. The quantitative estimate of drug-likeness (QED) is 0.766. The maximum atomic E-state index is 12.0. The number of benzene rings is 1. The van der Waals surface area contributed by atoms with Crippen LogP contribution in [0.2, 0.25) is 5.02 Å². The summed E-state index contributed by atoms with van der Waals surface area (Å²) in [6, 6.07) is 8.15. The molecule has 1 saturated heterocycles. The van der Waals surface area contributed by atoms with Gasteiger partial charge in [0.2, 0.25) is 5.91 Å². The molecule has 2 aliphatic rings. The van der Waals surface area contributed by atoms with Crippen molar-refractivity contribution in [2.45, 2.75) is 35.9 Å². The summed E-state index contributed by atoms with van der Waals surface area (Å²) in [4.78, 5) is 14.3. The maximum Gasteiger partial charge on any atom is 0.223 e. The summed E-state index contributed by atoms with van der Waals surface area (Å²) < 4.78 is 0. The lowest BCUT2D eigenvalue weighted by molar-refractivity contribution is -0.128. The molecule has 1 aliphatic heterocycles. The molecule has 1 unspecified atom stereocenters. The fraction of sp³-hybridized carbons (Fsp3) is 0.533. The van der Waals surface area contributed by atoms with Gasteiger partial charge < -0.3 is 4.90 Å². The molecule has 1 saturated carbocycles. The Bertz CT molecular complexity index is 483. The summed E-state index contributed by atoms with van der Waals surface area (Å²) in [5.41, 5.74) is 1.49. The summed E-state index contributed by atoms with van der Waals surface area (Å²) >= 11 is 9.52. The lowest BCUT2D eigenvalue weighted by Crippen LogP contribution is -2.46. The highest BCUT2D eigenvalue weighted by Gasteiger charge is 2.42. The van der Waals surface area contributed by atoms with Crippen LogP contribution in [0.1, 0.15) is 31.2 Å². The highest BCUT2D eigenvalue weighted by atomic mass is 79.9. The van der Waals surface area contributed by atoms with Crippen LogP contribution in [0.4, 0.5) is 0 Å². The minimum absolute atomic E-state index is 0.164. The fourth-order valence-corrected chi connectivity index (χ4v) is 3.94. The topological polar surface area (TPSA) is 20.3 Å². The van der Waals surface area contributed by atoms with Crippen LogP contribution in [0.25, 0.3) is 0 Å². The molecular weight excluding hydrogens is 326 g/mol. The number of nitrogens with zero attached hydrogens (tertiary/aromatic N) is 1. The van der Waals surface area contributed by atoms with Gasteiger partial charge >= 0.3 is 0 Å². The fourth-order valence-electron chi connectivity index (χ4n) is 3.19. The summed E-state index contributed by atoms with van der Waals surface area (Å²) in [5, 5.41) is 0.774. The minimum atomic E-state index is 0.164. The van der Waals surface area contributed by atoms with E-state index in [1.54, 1.807) is 0 Å². The Morgan fingerprint density at radius 2 is 2.00 bits per heavy atom. The normalized spacial score (nSPS) is 25.5. The van der Waals surface area contributed by atoms with Crippen molar-refractivity contribution < 1.29 is 4.79 Å². The van der Waals surface area contributed by atoms with E-state index >= 15 is 0 Å². The number of hydrogen-bond donors (Lipinski definition) is 0. The maximum absolute atomic E-state index is 12.0. The highest BCUT2D eigenvalue weighted by Crippen LogP contribution is 2.45. The zero-order valence-corrected chi connectivity index (χ0v) is 13.1. The summed E-state index contributed by atoms with van der Waals surface area (Å²) in [6.45, 7) is 1.70. The van der Waals surface area contributed by atoms with Gasteiger partial charge in [0.1, 0.15) is 0 Å². The Hall–Kier alpha value is -0.540. The first-order valence-corrected chi connectivity index (χ1v) is 8.06. The monoisotopic (exact) mass is 341 g/mol. The molecule has 2 nitrogen and oxygen atoms in total. The van der Waals surface area contributed by atoms with E-state index in [0.717, 1.165) is 18.1 Å². The van der Waals surface area contributed by atoms with E-state index in [4.69, 9.17) is 11.6 Å². The van der Waals surface area contributed by atoms with Gasteiger partial charge in [-0.25, -0.2) is 0 Å². The Balaban J connectivity index is 1.80. The average molecular weight is 343 g/mol. The molecule has 0 N–H and O–H groups in total. The van der Waals surface area contributed by atoms with Crippen molar-refractivity contribution >= 4 is 33.4 Å². The predicted octanol–water partition coefficient (Wildman–Crippen LogP) is 3.76. The Morgan fingerprint density at radius 1 is 1.32 bits per heavy atom. The van der Waals surface area contributed by atoms with Crippen LogP contribution >= 0.6 is 27.5 Å². The van der Waals surface area contributed by atoms with E-state index in [-0.39, 0.29) is 11.3 Å². The van der Waals surface area contributed by atoms with Gasteiger partial charge in [-0.05, 0) is 30.5 Å². The van der Waals surface area contributed by atoms with Gasteiger partial charge in [-0.2, -0.15) is 0 Å². The Labute approximate surface area is 127 Å². The van der Waals surface area contributed by atoms with Crippen molar-refractivity contribution in [2.75, 3.05) is 13.1 Å². The SMILES string of the molecule is O=C1CC(Br)CN1CC1(c2ccc(Cl)cc2)CCC1. The largest absolute Gasteiger partial charge is 0.341 e. The van der Waals surface area contributed by atoms with Crippen LogP contribution in [-0.2, 0) is 10.2 Å². The van der Waals surface area contributed by atoms with Crippen molar-refractivity contribution in [3.63, 3.8) is 0 Å². The Kier molecular flexibility index (Phi) is 3.61. The lowest BCUT2D eigenvalue weighted by atomic mass is 9.64. The van der Waals surface area contributed by atoms with Crippen molar-refractivity contribution in [3.05, 3.63) is 34.9 Å². The van der Waals surface area contributed by atoms with E-state index in [2.05, 4.69) is 28.1 Å². The number of alkyl halides is 1. The molecule has 3 rings (SSSR count). The summed E-state index contributed by atoms with van der Waals surface area (Å²) in [6.07, 6.45) is 4.23. The van der Waals surface area contributed by atoms with Crippen LogP contribution in [0, 0.1) is 0 Å². The molecule has 102 valence electrons. The van der Waals surface area contributed by atoms with E-state index in [9.17, 15) is 4.79 Å². The molecule has 1 aliphatic carbocycles. The first-order chi connectivity index (χ1) is 9.09. The van der Waals surface area contributed by atoms with Crippen molar-refractivity contribution in [1.29, 1.82) is 0 Å². The third-order valence-corrected chi connectivity index (χ3v) is 5.29. The molecule has 1 aromatic carbocycles. The van der Waals surface area contributed by atoms with E-state index < -0.39 is 0 Å². The minimum Gasteiger partial charge on any atom is -0.341 e. The van der Waals surface area contributed by atoms with Crippen molar-refractivity contribution in [2.24, 2.45) is 0 Å². The van der Waals surface area contributed by atoms with Crippen LogP contribution in [0.3, 0.4) is 0 Å². The molecule has 0 aromatic heterocycles. The zero-order valence-electron chi connectivity index (χ0n) is 10.7. The zero-order chi connectivity index (χ0) is 13.5. The van der Waals surface area contributed by atoms with Gasteiger partial charge in [-0.1, -0.05) is 46.1 Å². The standard InChI is InChI=1S/C15H17BrClNO/c16-12-8-14(19)18(9-12)10-15(6-1-7-15)11-2-4-13(17)5-3-11/h2-5,12H,1,6-10H2. The van der Waals surface area contributed by atoms with Gasteiger partial charge in [0, 0.05) is 34.8 Å². The summed E-state index contributed by atoms with van der Waals surface area (Å²) in [5.74, 6) is 0.280. The highest BCUT2D eigenvalue weighted by molar-refractivity contribution is 9.09. The molecule has 4 heteroatoms. The second kappa shape index (κ2) is 5.10. The number of carbonyl (C=O) groups is 1. The first kappa shape index (κ1) is 13.4. The molecular formula is C15H17BrClNO. The number of rotatable bonds is 3. The van der Waals surface area contributed by atoms with Crippen LogP contribution in [-0.4, -0.2) is 28.7 Å². The van der Waals surface area contributed by atoms with Gasteiger partial charge in [-0.3, -0.25) is 4.79 Å². The molecule has 0 radical (unpaired) electrons. The molecule has 19 heavy (non-hydrogen) atoms. The van der Waals surface area contributed by atoms with Crippen LogP contribution in [0.5, 0.6) is 0 Å². The predicted molar refractivity (Wildman–Crippen MR) is 80.9 cm³/mol. The second-order valence-corrected chi connectivity index (χ2v) is 7.45. The second-order valence-electron chi connectivity index (χ2n) is 5.72. The Morgan fingerprint density at radius 3 is 2.47 bits per heavy atom. The molecule has 1 atom stereocenters. The average Bonchev–Trinajstić information content (AvgIpc) is 2.64. The third kappa shape index (κ3) is 2.55. The number of halogens is 2. The van der Waals surface area contributed by atoms with Gasteiger partial charge in [0.25, 0.3) is 0 Å². The molecule has 1 amide bonds. The van der Waals surface area contributed by atoms with E-state index in [1.807, 2.05) is 17.0 Å². The van der Waals surface area contributed by atoms with Crippen LogP contribution < -0.4 is 0 Å². The molecule has 0 spiro atoms. The van der Waals surface area contributed by atoms with Crippen molar-refractivity contribution in [3.8, 4) is 0 Å². The number of likely N-dealkylation sites (tertiary alicyclic amines) is 1. The molecule has 2 fully saturated rings. The van der Waals surface area contributed by atoms with E-state index in [0.29, 0.717) is 11.2 Å². The van der Waals surface area contributed by atoms with Crippen molar-refractivity contribution in [1.82, 2.24) is 4.90 Å². The molecule has 1 aromatic rings. The molecule has 1 heterocycles. The number of amides is 1. The molecule has 0 bridgehead atoms. The third-order valence-electron chi connectivity index (χ3n) is 4.43.